The predicted molar refractivity (Wildman–Crippen MR) is 109 cm³/mol. The van der Waals surface area contributed by atoms with Crippen molar-refractivity contribution >= 4 is 23.0 Å². The molecule has 1 unspecified atom stereocenters. The summed E-state index contributed by atoms with van der Waals surface area (Å²) in [5, 5.41) is 7.45. The van der Waals surface area contributed by atoms with Crippen molar-refractivity contribution in [1.29, 1.82) is 0 Å². The Bertz CT molecular complexity index is 652. The SMILES string of the molecule is CCCCc1ccc(NC(=S)NC(CC)c2ccccc2)c(C)c1. The zero-order valence-electron chi connectivity index (χ0n) is 14.9. The molecular formula is C21H28N2S. The van der Waals surface area contributed by atoms with Gasteiger partial charge in [0.1, 0.15) is 0 Å². The minimum Gasteiger partial charge on any atom is -0.356 e. The third-order valence-electron chi connectivity index (χ3n) is 4.27. The fraction of sp³-hybridized carbons (Fsp3) is 0.381. The second-order valence-electron chi connectivity index (χ2n) is 6.22. The number of rotatable bonds is 7. The van der Waals surface area contributed by atoms with Crippen LogP contribution in [0.25, 0.3) is 0 Å². The maximum absolute atomic E-state index is 5.52. The highest BCUT2D eigenvalue weighted by Gasteiger charge is 2.10. The predicted octanol–water partition coefficient (Wildman–Crippen LogP) is 5.78. The van der Waals surface area contributed by atoms with E-state index >= 15 is 0 Å². The van der Waals surface area contributed by atoms with E-state index in [-0.39, 0.29) is 6.04 Å². The molecule has 0 radical (unpaired) electrons. The van der Waals surface area contributed by atoms with Gasteiger partial charge in [0, 0.05) is 5.69 Å². The highest BCUT2D eigenvalue weighted by Crippen LogP contribution is 2.19. The summed E-state index contributed by atoms with van der Waals surface area (Å²) in [4.78, 5) is 0. The fourth-order valence-electron chi connectivity index (χ4n) is 2.83. The monoisotopic (exact) mass is 340 g/mol. The van der Waals surface area contributed by atoms with Crippen LogP contribution in [0.15, 0.2) is 48.5 Å². The summed E-state index contributed by atoms with van der Waals surface area (Å²) in [5.74, 6) is 0. The van der Waals surface area contributed by atoms with Gasteiger partial charge in [-0.15, -0.1) is 0 Å². The van der Waals surface area contributed by atoms with Gasteiger partial charge in [0.25, 0.3) is 0 Å². The van der Waals surface area contributed by atoms with E-state index in [9.17, 15) is 0 Å². The molecule has 2 nitrogen and oxygen atoms in total. The summed E-state index contributed by atoms with van der Waals surface area (Å²) in [6.45, 7) is 6.53. The van der Waals surface area contributed by atoms with Crippen LogP contribution < -0.4 is 10.6 Å². The van der Waals surface area contributed by atoms with Gasteiger partial charge in [0.05, 0.1) is 6.04 Å². The van der Waals surface area contributed by atoms with Gasteiger partial charge in [-0.2, -0.15) is 0 Å². The molecule has 0 aliphatic carbocycles. The zero-order valence-corrected chi connectivity index (χ0v) is 15.7. The topological polar surface area (TPSA) is 24.1 Å². The van der Waals surface area contributed by atoms with Gasteiger partial charge in [-0.1, -0.05) is 62.7 Å². The Kier molecular flexibility index (Phi) is 7.26. The lowest BCUT2D eigenvalue weighted by Gasteiger charge is -2.21. The summed E-state index contributed by atoms with van der Waals surface area (Å²) < 4.78 is 0. The minimum absolute atomic E-state index is 0.232. The molecule has 0 saturated heterocycles. The molecule has 3 heteroatoms. The van der Waals surface area contributed by atoms with Crippen molar-refractivity contribution in [2.45, 2.75) is 52.5 Å². The number of unbranched alkanes of at least 4 members (excludes halogenated alkanes) is 1. The molecule has 0 aromatic heterocycles. The first kappa shape index (κ1) is 18.5. The summed E-state index contributed by atoms with van der Waals surface area (Å²) >= 11 is 5.52. The Morgan fingerprint density at radius 3 is 2.46 bits per heavy atom. The number of aryl methyl sites for hydroxylation is 2. The first-order chi connectivity index (χ1) is 11.6. The molecule has 2 aromatic rings. The summed E-state index contributed by atoms with van der Waals surface area (Å²) in [5.41, 5.74) is 4.97. The van der Waals surface area contributed by atoms with E-state index in [1.165, 1.54) is 29.5 Å². The quantitative estimate of drug-likeness (QED) is 0.625. The van der Waals surface area contributed by atoms with E-state index in [1.54, 1.807) is 0 Å². The molecule has 2 rings (SSSR count). The van der Waals surface area contributed by atoms with E-state index in [0.29, 0.717) is 5.11 Å². The van der Waals surface area contributed by atoms with Crippen LogP contribution >= 0.6 is 12.2 Å². The molecule has 0 saturated carbocycles. The molecule has 0 aliphatic heterocycles. The lowest BCUT2D eigenvalue weighted by molar-refractivity contribution is 0.629. The Balaban J connectivity index is 1.98. The van der Waals surface area contributed by atoms with Gasteiger partial charge < -0.3 is 10.6 Å². The maximum Gasteiger partial charge on any atom is 0.171 e. The minimum atomic E-state index is 0.232. The Labute approximate surface area is 151 Å². The summed E-state index contributed by atoms with van der Waals surface area (Å²) in [6.07, 6.45) is 4.60. The second-order valence-corrected chi connectivity index (χ2v) is 6.63. The molecule has 2 aromatic carbocycles. The van der Waals surface area contributed by atoms with Crippen molar-refractivity contribution in [3.05, 3.63) is 65.2 Å². The van der Waals surface area contributed by atoms with Gasteiger partial charge >= 0.3 is 0 Å². The molecule has 0 amide bonds. The molecule has 0 aliphatic rings. The van der Waals surface area contributed by atoms with Crippen LogP contribution in [0, 0.1) is 6.92 Å². The highest BCUT2D eigenvalue weighted by molar-refractivity contribution is 7.80. The Morgan fingerprint density at radius 2 is 1.83 bits per heavy atom. The van der Waals surface area contributed by atoms with E-state index < -0.39 is 0 Å². The van der Waals surface area contributed by atoms with Gasteiger partial charge in [-0.05, 0) is 61.2 Å². The molecule has 1 atom stereocenters. The van der Waals surface area contributed by atoms with Crippen molar-refractivity contribution in [1.82, 2.24) is 5.32 Å². The number of anilines is 1. The molecule has 0 spiro atoms. The van der Waals surface area contributed by atoms with Crippen LogP contribution in [0.2, 0.25) is 0 Å². The molecule has 0 bridgehead atoms. The number of hydrogen-bond donors (Lipinski definition) is 2. The molecule has 128 valence electrons. The Morgan fingerprint density at radius 1 is 1.08 bits per heavy atom. The van der Waals surface area contributed by atoms with Gasteiger partial charge in [0.2, 0.25) is 0 Å². The summed E-state index contributed by atoms with van der Waals surface area (Å²) in [7, 11) is 0. The smallest absolute Gasteiger partial charge is 0.171 e. The molecular weight excluding hydrogens is 312 g/mol. The van der Waals surface area contributed by atoms with E-state index in [4.69, 9.17) is 12.2 Å². The molecule has 0 heterocycles. The van der Waals surface area contributed by atoms with Crippen LogP contribution in [0.5, 0.6) is 0 Å². The number of benzene rings is 2. The fourth-order valence-corrected chi connectivity index (χ4v) is 3.08. The first-order valence-electron chi connectivity index (χ1n) is 8.86. The van der Waals surface area contributed by atoms with Gasteiger partial charge in [-0.3, -0.25) is 0 Å². The standard InChI is InChI=1S/C21H28N2S/c1-4-6-10-17-13-14-20(16(3)15-17)23-21(24)22-19(5-2)18-11-8-7-9-12-18/h7-9,11-15,19H,4-6,10H2,1-3H3,(H2,22,23,24). The van der Waals surface area contributed by atoms with Gasteiger partial charge in [0.15, 0.2) is 5.11 Å². The van der Waals surface area contributed by atoms with Crippen molar-refractivity contribution in [3.63, 3.8) is 0 Å². The highest BCUT2D eigenvalue weighted by atomic mass is 32.1. The van der Waals surface area contributed by atoms with Crippen molar-refractivity contribution in [3.8, 4) is 0 Å². The van der Waals surface area contributed by atoms with Crippen molar-refractivity contribution in [2.75, 3.05) is 5.32 Å². The Hall–Kier alpha value is -1.87. The number of hydrogen-bond acceptors (Lipinski definition) is 1. The van der Waals surface area contributed by atoms with Crippen LogP contribution in [-0.2, 0) is 6.42 Å². The normalized spacial score (nSPS) is 11.8. The van der Waals surface area contributed by atoms with Crippen LogP contribution in [-0.4, -0.2) is 5.11 Å². The third-order valence-corrected chi connectivity index (χ3v) is 4.49. The largest absolute Gasteiger partial charge is 0.356 e. The van der Waals surface area contributed by atoms with Crippen molar-refractivity contribution in [2.24, 2.45) is 0 Å². The van der Waals surface area contributed by atoms with Crippen molar-refractivity contribution < 1.29 is 0 Å². The van der Waals surface area contributed by atoms with E-state index in [1.807, 2.05) is 6.07 Å². The second kappa shape index (κ2) is 9.43. The first-order valence-corrected chi connectivity index (χ1v) is 9.26. The maximum atomic E-state index is 5.52. The average molecular weight is 341 g/mol. The molecule has 24 heavy (non-hydrogen) atoms. The molecule has 0 fully saturated rings. The van der Waals surface area contributed by atoms with E-state index in [2.05, 4.69) is 73.9 Å². The summed E-state index contributed by atoms with van der Waals surface area (Å²) in [6, 6.07) is 17.3. The van der Waals surface area contributed by atoms with Crippen LogP contribution in [0.1, 0.15) is 55.8 Å². The van der Waals surface area contributed by atoms with E-state index in [0.717, 1.165) is 18.5 Å². The van der Waals surface area contributed by atoms with Gasteiger partial charge in [-0.25, -0.2) is 0 Å². The lowest BCUT2D eigenvalue weighted by atomic mass is 10.0. The number of nitrogens with one attached hydrogen (secondary N) is 2. The van der Waals surface area contributed by atoms with Crippen LogP contribution in [0.3, 0.4) is 0 Å². The average Bonchev–Trinajstić information content (AvgIpc) is 2.60. The zero-order chi connectivity index (χ0) is 17.4. The number of thiocarbonyl (C=S) groups is 1. The third kappa shape index (κ3) is 5.34. The molecule has 2 N–H and O–H groups in total. The lowest BCUT2D eigenvalue weighted by Crippen LogP contribution is -2.32. The van der Waals surface area contributed by atoms with Crippen LogP contribution in [0.4, 0.5) is 5.69 Å².